The van der Waals surface area contributed by atoms with Crippen molar-refractivity contribution >= 4 is 10.0 Å². The smallest absolute Gasteiger partial charge is 0.259 e. The van der Waals surface area contributed by atoms with Crippen molar-refractivity contribution in [3.8, 4) is 11.8 Å². The second-order valence-electron chi connectivity index (χ2n) is 4.36. The van der Waals surface area contributed by atoms with Crippen LogP contribution in [0.5, 0.6) is 0 Å². The second kappa shape index (κ2) is 6.54. The molecule has 0 aliphatic rings. The van der Waals surface area contributed by atoms with Crippen molar-refractivity contribution in [2.75, 3.05) is 6.61 Å². The predicted molar refractivity (Wildman–Crippen MR) is 77.6 cm³/mol. The summed E-state index contributed by atoms with van der Waals surface area (Å²) in [7, 11) is -1.92. The molecule has 7 heteroatoms. The Morgan fingerprint density at radius 3 is 2.90 bits per heavy atom. The summed E-state index contributed by atoms with van der Waals surface area (Å²) in [5.41, 5.74) is 1.50. The normalized spacial score (nSPS) is 11.0. The lowest BCUT2D eigenvalue weighted by Crippen LogP contribution is -2.23. The molecule has 0 saturated carbocycles. The SMILES string of the molecule is Cn1cnc(S(=O)(=O)NCc2cccc(C#CCO)c2)c1. The number of aliphatic hydroxyl groups is 1. The zero-order valence-electron chi connectivity index (χ0n) is 11.4. The molecule has 0 saturated heterocycles. The minimum absolute atomic E-state index is 0.0128. The third kappa shape index (κ3) is 4.16. The van der Waals surface area contributed by atoms with E-state index in [2.05, 4.69) is 21.5 Å². The van der Waals surface area contributed by atoms with Crippen LogP contribution in [0.15, 0.2) is 41.8 Å². The zero-order valence-corrected chi connectivity index (χ0v) is 12.3. The first-order valence-electron chi connectivity index (χ1n) is 6.17. The van der Waals surface area contributed by atoms with Gasteiger partial charge in [0.2, 0.25) is 0 Å². The van der Waals surface area contributed by atoms with Crippen LogP contribution in [0.4, 0.5) is 0 Å². The number of aliphatic hydroxyl groups excluding tert-OH is 1. The highest BCUT2D eigenvalue weighted by atomic mass is 32.2. The maximum Gasteiger partial charge on any atom is 0.259 e. The highest BCUT2D eigenvalue weighted by Crippen LogP contribution is 2.08. The van der Waals surface area contributed by atoms with Gasteiger partial charge in [0.1, 0.15) is 6.61 Å². The van der Waals surface area contributed by atoms with Gasteiger partial charge in [-0.05, 0) is 17.7 Å². The standard InChI is InChI=1S/C14H15N3O3S/c1-17-10-14(15-11-17)21(19,20)16-9-13-5-2-4-12(8-13)6-3-7-18/h2,4-5,8,10-11,16,18H,7,9H2,1H3. The third-order valence-corrected chi connectivity index (χ3v) is 3.95. The Hall–Kier alpha value is -2.14. The lowest BCUT2D eigenvalue weighted by molar-refractivity contribution is 0.350. The molecule has 1 aromatic heterocycles. The summed E-state index contributed by atoms with van der Waals surface area (Å²) in [6, 6.07) is 7.14. The van der Waals surface area contributed by atoms with Gasteiger partial charge in [0.15, 0.2) is 5.03 Å². The maximum atomic E-state index is 12.0. The molecule has 2 aromatic rings. The second-order valence-corrected chi connectivity index (χ2v) is 6.08. The molecule has 0 unspecified atom stereocenters. The van der Waals surface area contributed by atoms with Crippen molar-refractivity contribution in [3.63, 3.8) is 0 Å². The lowest BCUT2D eigenvalue weighted by Gasteiger charge is -2.05. The summed E-state index contributed by atoms with van der Waals surface area (Å²) in [6.45, 7) is -0.0654. The molecule has 1 aromatic carbocycles. The van der Waals surface area contributed by atoms with E-state index >= 15 is 0 Å². The molecule has 2 N–H and O–H groups in total. The van der Waals surface area contributed by atoms with E-state index in [0.717, 1.165) is 11.1 Å². The van der Waals surface area contributed by atoms with Crippen molar-refractivity contribution in [3.05, 3.63) is 47.9 Å². The van der Waals surface area contributed by atoms with Crippen molar-refractivity contribution in [1.82, 2.24) is 14.3 Å². The Labute approximate surface area is 123 Å². The minimum Gasteiger partial charge on any atom is -0.384 e. The molecule has 0 fully saturated rings. The molecule has 0 atom stereocenters. The molecule has 2 rings (SSSR count). The van der Waals surface area contributed by atoms with Crippen molar-refractivity contribution in [2.45, 2.75) is 11.6 Å². The van der Waals surface area contributed by atoms with Gasteiger partial charge in [0.05, 0.1) is 6.33 Å². The fourth-order valence-electron chi connectivity index (χ4n) is 1.68. The highest BCUT2D eigenvalue weighted by molar-refractivity contribution is 7.89. The van der Waals surface area contributed by atoms with Crippen molar-refractivity contribution < 1.29 is 13.5 Å². The first kappa shape index (κ1) is 15.3. The maximum absolute atomic E-state index is 12.0. The summed E-state index contributed by atoms with van der Waals surface area (Å²) in [4.78, 5) is 3.82. The average Bonchev–Trinajstić information content (AvgIpc) is 2.91. The molecule has 0 amide bonds. The van der Waals surface area contributed by atoms with Crippen LogP contribution in [0.25, 0.3) is 0 Å². The molecule has 0 bridgehead atoms. The van der Waals surface area contributed by atoms with Gasteiger partial charge >= 0.3 is 0 Å². The van der Waals surface area contributed by atoms with Crippen LogP contribution >= 0.6 is 0 Å². The van der Waals surface area contributed by atoms with Crippen molar-refractivity contribution in [1.29, 1.82) is 0 Å². The molecular weight excluding hydrogens is 290 g/mol. The van der Waals surface area contributed by atoms with E-state index in [1.807, 2.05) is 0 Å². The Bertz CT molecular complexity index is 785. The molecule has 21 heavy (non-hydrogen) atoms. The highest BCUT2D eigenvalue weighted by Gasteiger charge is 2.16. The third-order valence-electron chi connectivity index (χ3n) is 2.66. The van der Waals surface area contributed by atoms with Crippen LogP contribution in [0.3, 0.4) is 0 Å². The number of aromatic nitrogens is 2. The van der Waals surface area contributed by atoms with E-state index in [1.165, 1.54) is 12.5 Å². The number of rotatable bonds is 4. The van der Waals surface area contributed by atoms with Crippen LogP contribution in [-0.4, -0.2) is 29.7 Å². The van der Waals surface area contributed by atoms with E-state index in [1.54, 1.807) is 35.9 Å². The van der Waals surface area contributed by atoms with E-state index < -0.39 is 10.0 Å². The molecule has 0 spiro atoms. The van der Waals surface area contributed by atoms with Crippen LogP contribution < -0.4 is 4.72 Å². The van der Waals surface area contributed by atoms with Gasteiger partial charge in [-0.2, -0.15) is 0 Å². The van der Waals surface area contributed by atoms with Gasteiger partial charge in [-0.3, -0.25) is 0 Å². The van der Waals surface area contributed by atoms with Crippen LogP contribution in [0.2, 0.25) is 0 Å². The Kier molecular flexibility index (Phi) is 4.75. The largest absolute Gasteiger partial charge is 0.384 e. The molecule has 6 nitrogen and oxygen atoms in total. The molecule has 110 valence electrons. The van der Waals surface area contributed by atoms with Gasteiger partial charge in [-0.15, -0.1) is 0 Å². The van der Waals surface area contributed by atoms with E-state index in [9.17, 15) is 8.42 Å². The van der Waals surface area contributed by atoms with Crippen LogP contribution in [-0.2, 0) is 23.6 Å². The number of imidazole rings is 1. The molecule has 1 heterocycles. The van der Waals surface area contributed by atoms with Gasteiger partial charge in [0.25, 0.3) is 10.0 Å². The Morgan fingerprint density at radius 1 is 1.43 bits per heavy atom. The Morgan fingerprint density at radius 2 is 2.24 bits per heavy atom. The van der Waals surface area contributed by atoms with E-state index in [4.69, 9.17) is 5.11 Å². The van der Waals surface area contributed by atoms with Crippen LogP contribution in [0.1, 0.15) is 11.1 Å². The number of aryl methyl sites for hydroxylation is 1. The van der Waals surface area contributed by atoms with Crippen LogP contribution in [0, 0.1) is 11.8 Å². The summed E-state index contributed by atoms with van der Waals surface area (Å²) in [6.07, 6.45) is 2.87. The number of nitrogens with zero attached hydrogens (tertiary/aromatic N) is 2. The predicted octanol–water partition coefficient (Wildman–Crippen LogP) is 0.242. The monoisotopic (exact) mass is 305 g/mol. The number of nitrogens with one attached hydrogen (secondary N) is 1. The zero-order chi connectivity index (χ0) is 15.3. The first-order chi connectivity index (χ1) is 10.0. The molecular formula is C14H15N3O3S. The topological polar surface area (TPSA) is 84.2 Å². The fraction of sp³-hybridized carbons (Fsp3) is 0.214. The molecule has 0 aliphatic carbocycles. The average molecular weight is 305 g/mol. The van der Waals surface area contributed by atoms with Gasteiger partial charge in [-0.1, -0.05) is 24.0 Å². The first-order valence-corrected chi connectivity index (χ1v) is 7.66. The molecule has 0 radical (unpaired) electrons. The van der Waals surface area contributed by atoms with Gasteiger partial charge in [0, 0.05) is 25.4 Å². The quantitative estimate of drug-likeness (QED) is 0.793. The number of hydrogen-bond acceptors (Lipinski definition) is 4. The Balaban J connectivity index is 2.09. The summed E-state index contributed by atoms with van der Waals surface area (Å²) in [5.74, 6) is 5.32. The fourth-order valence-corrected chi connectivity index (χ4v) is 2.68. The van der Waals surface area contributed by atoms with E-state index in [-0.39, 0.29) is 18.2 Å². The van der Waals surface area contributed by atoms with Gasteiger partial charge in [-0.25, -0.2) is 18.1 Å². The summed E-state index contributed by atoms with van der Waals surface area (Å²) in [5, 5.41) is 8.65. The number of hydrogen-bond donors (Lipinski definition) is 2. The molecule has 0 aliphatic heterocycles. The summed E-state index contributed by atoms with van der Waals surface area (Å²) >= 11 is 0. The van der Waals surface area contributed by atoms with Gasteiger partial charge < -0.3 is 9.67 Å². The minimum atomic E-state index is -3.63. The summed E-state index contributed by atoms with van der Waals surface area (Å²) < 4.78 is 28.1. The number of sulfonamides is 1. The van der Waals surface area contributed by atoms with E-state index in [0.29, 0.717) is 0 Å². The lowest BCUT2D eigenvalue weighted by atomic mass is 10.1. The van der Waals surface area contributed by atoms with Crippen molar-refractivity contribution in [2.24, 2.45) is 7.05 Å². The number of benzene rings is 1.